The minimum Gasteiger partial charge on any atom is -0.396 e. The molecule has 1 saturated heterocycles. The van der Waals surface area contributed by atoms with Crippen molar-refractivity contribution < 1.29 is 18.7 Å². The fourth-order valence-corrected chi connectivity index (χ4v) is 1.85. The smallest absolute Gasteiger partial charge is 0.319 e. The van der Waals surface area contributed by atoms with Crippen LogP contribution >= 0.6 is 8.25 Å². The second-order valence-electron chi connectivity index (χ2n) is 2.84. The number of aliphatic hydroxyl groups is 1. The van der Waals surface area contributed by atoms with Gasteiger partial charge in [-0.3, -0.25) is 4.57 Å². The Balaban J connectivity index is 2.52. The normalized spacial score (nSPS) is 38.9. The van der Waals surface area contributed by atoms with Crippen molar-refractivity contribution in [2.45, 2.75) is 13.3 Å². The van der Waals surface area contributed by atoms with Gasteiger partial charge in [0.15, 0.2) is 0 Å². The lowest BCUT2D eigenvalue weighted by Gasteiger charge is -2.33. The van der Waals surface area contributed by atoms with Gasteiger partial charge in [0.1, 0.15) is 0 Å². The molecule has 66 valence electrons. The van der Waals surface area contributed by atoms with Gasteiger partial charge in [-0.1, -0.05) is 6.92 Å². The summed E-state index contributed by atoms with van der Waals surface area (Å²) in [7, 11) is -2.24. The van der Waals surface area contributed by atoms with Gasteiger partial charge in [0.05, 0.1) is 19.8 Å². The molecule has 0 aromatic heterocycles. The molecule has 4 nitrogen and oxygen atoms in total. The first-order valence-corrected chi connectivity index (χ1v) is 4.85. The lowest BCUT2D eigenvalue weighted by Crippen LogP contribution is -2.36. The van der Waals surface area contributed by atoms with Crippen LogP contribution in [0.1, 0.15) is 13.3 Å². The SMILES string of the molecule is CCC1(CO)CO[PH](=O)OC1. The van der Waals surface area contributed by atoms with Crippen LogP contribution in [0.4, 0.5) is 0 Å². The number of aliphatic hydroxyl groups excluding tert-OH is 1. The van der Waals surface area contributed by atoms with E-state index in [2.05, 4.69) is 0 Å². The van der Waals surface area contributed by atoms with E-state index in [1.165, 1.54) is 0 Å². The third kappa shape index (κ3) is 2.03. The minimum absolute atomic E-state index is 0.0264. The fraction of sp³-hybridized carbons (Fsp3) is 1.00. The Hall–Kier alpha value is 0.110. The third-order valence-electron chi connectivity index (χ3n) is 2.08. The fourth-order valence-electron chi connectivity index (χ4n) is 0.915. The van der Waals surface area contributed by atoms with E-state index >= 15 is 0 Å². The minimum atomic E-state index is -2.24. The molecule has 0 aromatic rings. The molecule has 0 bridgehead atoms. The van der Waals surface area contributed by atoms with Crippen molar-refractivity contribution in [2.75, 3.05) is 19.8 Å². The summed E-state index contributed by atoms with van der Waals surface area (Å²) >= 11 is 0. The van der Waals surface area contributed by atoms with Gasteiger partial charge in [0.25, 0.3) is 0 Å². The van der Waals surface area contributed by atoms with Crippen LogP contribution in [0.25, 0.3) is 0 Å². The standard InChI is InChI=1S/C6H13O4P/c1-2-6(3-7)4-9-11(8)10-5-6/h7,11H,2-5H2,1H3. The molecule has 0 atom stereocenters. The van der Waals surface area contributed by atoms with Crippen LogP contribution in [0.15, 0.2) is 0 Å². The molecular formula is C6H13O4P. The zero-order valence-electron chi connectivity index (χ0n) is 6.50. The summed E-state index contributed by atoms with van der Waals surface area (Å²) < 4.78 is 20.3. The lowest BCUT2D eigenvalue weighted by atomic mass is 9.88. The van der Waals surface area contributed by atoms with Crippen molar-refractivity contribution in [3.8, 4) is 0 Å². The molecule has 0 radical (unpaired) electrons. The predicted molar refractivity (Wildman–Crippen MR) is 40.7 cm³/mol. The van der Waals surface area contributed by atoms with E-state index in [0.717, 1.165) is 6.42 Å². The van der Waals surface area contributed by atoms with Crippen LogP contribution in [-0.2, 0) is 13.6 Å². The molecule has 5 heteroatoms. The Morgan fingerprint density at radius 2 is 2.09 bits per heavy atom. The van der Waals surface area contributed by atoms with Crippen molar-refractivity contribution in [1.82, 2.24) is 0 Å². The maximum absolute atomic E-state index is 10.6. The molecule has 0 saturated carbocycles. The van der Waals surface area contributed by atoms with Crippen molar-refractivity contribution in [3.05, 3.63) is 0 Å². The lowest BCUT2D eigenvalue weighted by molar-refractivity contribution is -0.0150. The summed E-state index contributed by atoms with van der Waals surface area (Å²) in [6.07, 6.45) is 0.776. The molecule has 11 heavy (non-hydrogen) atoms. The number of hydrogen-bond acceptors (Lipinski definition) is 4. The maximum atomic E-state index is 10.6. The molecule has 0 unspecified atom stereocenters. The largest absolute Gasteiger partial charge is 0.396 e. The maximum Gasteiger partial charge on any atom is 0.319 e. The Labute approximate surface area is 66.5 Å². The van der Waals surface area contributed by atoms with E-state index in [9.17, 15) is 4.57 Å². The molecular weight excluding hydrogens is 167 g/mol. The highest BCUT2D eigenvalue weighted by atomic mass is 31.1. The second kappa shape index (κ2) is 3.68. The van der Waals surface area contributed by atoms with Crippen LogP contribution in [-0.4, -0.2) is 24.9 Å². The first-order valence-electron chi connectivity index (χ1n) is 3.63. The van der Waals surface area contributed by atoms with Gasteiger partial charge >= 0.3 is 8.25 Å². The van der Waals surface area contributed by atoms with Gasteiger partial charge in [-0.15, -0.1) is 0 Å². The van der Waals surface area contributed by atoms with E-state index in [4.69, 9.17) is 14.2 Å². The highest BCUT2D eigenvalue weighted by molar-refractivity contribution is 7.33. The molecule has 1 aliphatic heterocycles. The van der Waals surface area contributed by atoms with Crippen LogP contribution in [0.5, 0.6) is 0 Å². The summed E-state index contributed by atoms with van der Waals surface area (Å²) in [5.41, 5.74) is -0.321. The van der Waals surface area contributed by atoms with Crippen molar-refractivity contribution in [2.24, 2.45) is 5.41 Å². The Morgan fingerprint density at radius 1 is 1.55 bits per heavy atom. The summed E-state index contributed by atoms with van der Waals surface area (Å²) in [5, 5.41) is 8.98. The van der Waals surface area contributed by atoms with Crippen molar-refractivity contribution in [3.63, 3.8) is 0 Å². The third-order valence-corrected chi connectivity index (χ3v) is 2.84. The van der Waals surface area contributed by atoms with E-state index in [0.29, 0.717) is 13.2 Å². The van der Waals surface area contributed by atoms with E-state index in [-0.39, 0.29) is 12.0 Å². The Morgan fingerprint density at radius 3 is 2.45 bits per heavy atom. The molecule has 1 fully saturated rings. The monoisotopic (exact) mass is 180 g/mol. The molecule has 1 heterocycles. The van der Waals surface area contributed by atoms with Gasteiger partial charge < -0.3 is 14.2 Å². The quantitative estimate of drug-likeness (QED) is 0.639. The zero-order chi connectivity index (χ0) is 8.32. The summed E-state index contributed by atoms with van der Waals surface area (Å²) in [6, 6.07) is 0. The Kier molecular flexibility index (Phi) is 3.07. The molecule has 1 aliphatic rings. The molecule has 0 aliphatic carbocycles. The van der Waals surface area contributed by atoms with Gasteiger partial charge in [0.2, 0.25) is 0 Å². The van der Waals surface area contributed by atoms with Gasteiger partial charge in [-0.05, 0) is 6.42 Å². The van der Waals surface area contributed by atoms with Crippen LogP contribution in [0.2, 0.25) is 0 Å². The molecule has 0 aromatic carbocycles. The molecule has 1 rings (SSSR count). The van der Waals surface area contributed by atoms with Crippen LogP contribution in [0, 0.1) is 5.41 Å². The number of rotatable bonds is 2. The Bertz CT molecular complexity index is 143. The topological polar surface area (TPSA) is 55.8 Å². The number of hydrogen-bond donors (Lipinski definition) is 1. The summed E-state index contributed by atoms with van der Waals surface area (Å²) in [4.78, 5) is 0. The van der Waals surface area contributed by atoms with Crippen LogP contribution in [0.3, 0.4) is 0 Å². The van der Waals surface area contributed by atoms with Crippen molar-refractivity contribution >= 4 is 8.25 Å². The van der Waals surface area contributed by atoms with Gasteiger partial charge in [-0.2, -0.15) is 0 Å². The van der Waals surface area contributed by atoms with E-state index in [1.54, 1.807) is 0 Å². The average molecular weight is 180 g/mol. The van der Waals surface area contributed by atoms with Crippen LogP contribution < -0.4 is 0 Å². The second-order valence-corrected chi connectivity index (χ2v) is 3.92. The first-order chi connectivity index (χ1) is 5.22. The first kappa shape index (κ1) is 9.20. The summed E-state index contributed by atoms with van der Waals surface area (Å²) in [5.74, 6) is 0. The highest BCUT2D eigenvalue weighted by Gasteiger charge is 2.33. The molecule has 0 amide bonds. The van der Waals surface area contributed by atoms with Gasteiger partial charge in [-0.25, -0.2) is 0 Å². The molecule has 1 N–H and O–H groups in total. The zero-order valence-corrected chi connectivity index (χ0v) is 7.50. The van der Waals surface area contributed by atoms with Crippen molar-refractivity contribution in [1.29, 1.82) is 0 Å². The predicted octanol–water partition coefficient (Wildman–Crippen LogP) is 0.812. The average Bonchev–Trinajstić information content (AvgIpc) is 2.07. The van der Waals surface area contributed by atoms with Gasteiger partial charge in [0, 0.05) is 5.41 Å². The van der Waals surface area contributed by atoms with E-state index < -0.39 is 8.25 Å². The van der Waals surface area contributed by atoms with E-state index in [1.807, 2.05) is 6.92 Å². The summed E-state index contributed by atoms with van der Waals surface area (Å²) in [6.45, 7) is 2.67. The highest BCUT2D eigenvalue weighted by Crippen LogP contribution is 2.38. The molecule has 0 spiro atoms.